The Morgan fingerprint density at radius 3 is 2.50 bits per heavy atom. The second kappa shape index (κ2) is 5.40. The van der Waals surface area contributed by atoms with E-state index >= 15 is 0 Å². The van der Waals surface area contributed by atoms with Gasteiger partial charge in [-0.05, 0) is 37.5 Å². The summed E-state index contributed by atoms with van der Waals surface area (Å²) in [6.45, 7) is 1.10. The van der Waals surface area contributed by atoms with E-state index in [0.29, 0.717) is 19.0 Å². The van der Waals surface area contributed by atoms with Crippen molar-refractivity contribution in [2.24, 2.45) is 23.5 Å². The van der Waals surface area contributed by atoms with E-state index in [9.17, 15) is 22.8 Å². The van der Waals surface area contributed by atoms with Crippen molar-refractivity contribution in [3.05, 3.63) is 0 Å². The highest BCUT2D eigenvalue weighted by Gasteiger charge is 2.49. The Bertz CT molecular complexity index is 482. The molecule has 0 aromatic rings. The summed E-state index contributed by atoms with van der Waals surface area (Å²) in [4.78, 5) is 25.9. The van der Waals surface area contributed by atoms with E-state index < -0.39 is 24.0 Å². The molecule has 5 atom stereocenters. The standard InChI is InChI=1S/C14H20F3N3O2/c15-14(16,17)11-4-2-8(12(21)19-11)13(22)20-5-7-1-3-10(18)9(7)6-20/h7-11H,1-6,18H2,(H,19,21). The summed E-state index contributed by atoms with van der Waals surface area (Å²) in [5, 5.41) is 1.93. The largest absolute Gasteiger partial charge is 0.408 e. The first-order chi connectivity index (χ1) is 10.3. The number of nitrogens with zero attached hydrogens (tertiary/aromatic N) is 1. The molecule has 3 N–H and O–H groups in total. The predicted octanol–water partition coefficient (Wildman–Crippen LogP) is 0.639. The molecule has 0 radical (unpaired) electrons. The Labute approximate surface area is 126 Å². The first kappa shape index (κ1) is 15.6. The van der Waals surface area contributed by atoms with E-state index in [0.717, 1.165) is 12.8 Å². The zero-order chi connectivity index (χ0) is 16.1. The van der Waals surface area contributed by atoms with Crippen molar-refractivity contribution < 1.29 is 22.8 Å². The van der Waals surface area contributed by atoms with Crippen molar-refractivity contribution in [3.8, 4) is 0 Å². The molecule has 5 unspecified atom stereocenters. The summed E-state index contributed by atoms with van der Waals surface area (Å²) in [7, 11) is 0. The number of likely N-dealkylation sites (tertiary alicyclic amines) is 1. The van der Waals surface area contributed by atoms with Crippen molar-refractivity contribution in [1.29, 1.82) is 0 Å². The number of piperidine rings is 1. The normalized spacial score (nSPS) is 38.8. The van der Waals surface area contributed by atoms with Crippen LogP contribution in [0.15, 0.2) is 0 Å². The first-order valence-corrected chi connectivity index (χ1v) is 7.69. The number of amides is 2. The van der Waals surface area contributed by atoms with Gasteiger partial charge in [-0.3, -0.25) is 9.59 Å². The van der Waals surface area contributed by atoms with Crippen LogP contribution in [0, 0.1) is 17.8 Å². The monoisotopic (exact) mass is 319 g/mol. The molecule has 3 aliphatic rings. The number of rotatable bonds is 1. The van der Waals surface area contributed by atoms with Crippen LogP contribution in [-0.4, -0.2) is 48.1 Å². The number of carbonyl (C=O) groups is 2. The summed E-state index contributed by atoms with van der Waals surface area (Å²) >= 11 is 0. The average Bonchev–Trinajstić information content (AvgIpc) is 3.00. The van der Waals surface area contributed by atoms with Crippen LogP contribution in [0.25, 0.3) is 0 Å². The molecule has 2 saturated heterocycles. The van der Waals surface area contributed by atoms with E-state index in [1.165, 1.54) is 0 Å². The van der Waals surface area contributed by atoms with E-state index in [4.69, 9.17) is 5.73 Å². The lowest BCUT2D eigenvalue weighted by Crippen LogP contribution is -2.54. The van der Waals surface area contributed by atoms with Gasteiger partial charge in [-0.1, -0.05) is 0 Å². The molecule has 0 aromatic carbocycles. The van der Waals surface area contributed by atoms with Gasteiger partial charge in [0.05, 0.1) is 0 Å². The molecular formula is C14H20F3N3O2. The molecule has 22 heavy (non-hydrogen) atoms. The summed E-state index contributed by atoms with van der Waals surface area (Å²) in [5.74, 6) is -1.51. The first-order valence-electron chi connectivity index (χ1n) is 7.69. The smallest absolute Gasteiger partial charge is 0.344 e. The molecule has 1 aliphatic carbocycles. The third-order valence-corrected chi connectivity index (χ3v) is 5.29. The van der Waals surface area contributed by atoms with E-state index in [-0.39, 0.29) is 30.7 Å². The second-order valence-electron chi connectivity index (χ2n) is 6.64. The number of hydrogen-bond donors (Lipinski definition) is 2. The number of carbonyl (C=O) groups excluding carboxylic acids is 2. The van der Waals surface area contributed by atoms with Crippen LogP contribution in [0.2, 0.25) is 0 Å². The molecule has 3 fully saturated rings. The minimum Gasteiger partial charge on any atom is -0.344 e. The molecule has 5 nitrogen and oxygen atoms in total. The number of nitrogens with two attached hydrogens (primary N) is 1. The van der Waals surface area contributed by atoms with Crippen LogP contribution in [-0.2, 0) is 9.59 Å². The van der Waals surface area contributed by atoms with Gasteiger partial charge in [0.2, 0.25) is 11.8 Å². The van der Waals surface area contributed by atoms with Crippen molar-refractivity contribution >= 4 is 11.8 Å². The van der Waals surface area contributed by atoms with Gasteiger partial charge >= 0.3 is 6.18 Å². The molecule has 3 rings (SSSR count). The highest BCUT2D eigenvalue weighted by Crippen LogP contribution is 2.38. The highest BCUT2D eigenvalue weighted by atomic mass is 19.4. The van der Waals surface area contributed by atoms with Gasteiger partial charge in [0.25, 0.3) is 0 Å². The van der Waals surface area contributed by atoms with Gasteiger partial charge in [-0.2, -0.15) is 13.2 Å². The van der Waals surface area contributed by atoms with E-state index in [1.54, 1.807) is 4.90 Å². The topological polar surface area (TPSA) is 75.4 Å². The Hall–Kier alpha value is -1.31. The number of fused-ring (bicyclic) bond motifs is 1. The Kier molecular flexibility index (Phi) is 3.82. The molecule has 0 aromatic heterocycles. The second-order valence-corrected chi connectivity index (χ2v) is 6.64. The molecule has 0 bridgehead atoms. The molecule has 8 heteroatoms. The predicted molar refractivity (Wildman–Crippen MR) is 71.5 cm³/mol. The summed E-state index contributed by atoms with van der Waals surface area (Å²) < 4.78 is 37.9. The fraction of sp³-hybridized carbons (Fsp3) is 0.857. The zero-order valence-corrected chi connectivity index (χ0v) is 12.1. The van der Waals surface area contributed by atoms with Crippen molar-refractivity contribution in [3.63, 3.8) is 0 Å². The van der Waals surface area contributed by atoms with Gasteiger partial charge in [-0.25, -0.2) is 0 Å². The van der Waals surface area contributed by atoms with Crippen molar-refractivity contribution in [2.45, 2.75) is 43.9 Å². The quantitative estimate of drug-likeness (QED) is 0.697. The number of halogens is 3. The summed E-state index contributed by atoms with van der Waals surface area (Å²) in [6.07, 6.45) is -2.82. The lowest BCUT2D eigenvalue weighted by Gasteiger charge is -2.32. The van der Waals surface area contributed by atoms with Gasteiger partial charge in [0.15, 0.2) is 0 Å². The molecular weight excluding hydrogens is 299 g/mol. The lowest BCUT2D eigenvalue weighted by molar-refractivity contribution is -0.172. The average molecular weight is 319 g/mol. The number of alkyl halides is 3. The van der Waals surface area contributed by atoms with Gasteiger partial charge in [0, 0.05) is 19.1 Å². The molecule has 1 saturated carbocycles. The third-order valence-electron chi connectivity index (χ3n) is 5.29. The minimum atomic E-state index is -4.46. The van der Waals surface area contributed by atoms with Crippen LogP contribution in [0.3, 0.4) is 0 Å². The highest BCUT2D eigenvalue weighted by molar-refractivity contribution is 6.01. The van der Waals surface area contributed by atoms with Crippen molar-refractivity contribution in [2.75, 3.05) is 13.1 Å². The SMILES string of the molecule is NC1CCC2CN(C(=O)C3CCC(C(F)(F)F)NC3=O)CC12. The van der Waals surface area contributed by atoms with E-state index in [1.807, 2.05) is 5.32 Å². The zero-order valence-electron chi connectivity index (χ0n) is 12.1. The van der Waals surface area contributed by atoms with Gasteiger partial charge in [-0.15, -0.1) is 0 Å². The fourth-order valence-electron chi connectivity index (χ4n) is 4.00. The summed E-state index contributed by atoms with van der Waals surface area (Å²) in [6, 6.07) is -1.76. The Balaban J connectivity index is 1.61. The van der Waals surface area contributed by atoms with Crippen molar-refractivity contribution in [1.82, 2.24) is 10.2 Å². The number of nitrogens with one attached hydrogen (secondary N) is 1. The van der Waals surface area contributed by atoms with Gasteiger partial charge < -0.3 is 16.0 Å². The van der Waals surface area contributed by atoms with Crippen LogP contribution < -0.4 is 11.1 Å². The molecule has 124 valence electrons. The molecule has 0 spiro atoms. The maximum atomic E-state index is 12.6. The van der Waals surface area contributed by atoms with Gasteiger partial charge in [0.1, 0.15) is 12.0 Å². The van der Waals surface area contributed by atoms with Crippen LogP contribution >= 0.6 is 0 Å². The minimum absolute atomic E-state index is 0.0489. The van der Waals surface area contributed by atoms with Crippen LogP contribution in [0.4, 0.5) is 13.2 Å². The lowest BCUT2D eigenvalue weighted by atomic mass is 9.92. The third kappa shape index (κ3) is 2.68. The van der Waals surface area contributed by atoms with Crippen LogP contribution in [0.5, 0.6) is 0 Å². The van der Waals surface area contributed by atoms with Crippen LogP contribution in [0.1, 0.15) is 25.7 Å². The Morgan fingerprint density at radius 2 is 1.91 bits per heavy atom. The maximum Gasteiger partial charge on any atom is 0.408 e. The van der Waals surface area contributed by atoms with E-state index in [2.05, 4.69) is 0 Å². The fourth-order valence-corrected chi connectivity index (χ4v) is 4.00. The Morgan fingerprint density at radius 1 is 1.18 bits per heavy atom. The maximum absolute atomic E-state index is 12.6. The molecule has 2 aliphatic heterocycles. The molecule has 2 heterocycles. The summed E-state index contributed by atoms with van der Waals surface area (Å²) in [5.41, 5.74) is 6.01. The number of hydrogen-bond acceptors (Lipinski definition) is 3. The molecule has 2 amide bonds.